The number of amides is 1. The number of benzene rings is 2. The highest BCUT2D eigenvalue weighted by Gasteiger charge is 2.13. The van der Waals surface area contributed by atoms with Gasteiger partial charge in [0, 0.05) is 11.4 Å². The Labute approximate surface area is 130 Å². The lowest BCUT2D eigenvalue weighted by Crippen LogP contribution is -2.31. The van der Waals surface area contributed by atoms with E-state index < -0.39 is 6.04 Å². The Hall–Kier alpha value is -2.36. The number of carbonyl (C=O) groups excluding carboxylic acids is 1. The van der Waals surface area contributed by atoms with Crippen LogP contribution in [-0.2, 0) is 4.79 Å². The van der Waals surface area contributed by atoms with Crippen LogP contribution in [0.25, 0.3) is 0 Å². The molecule has 0 fully saturated rings. The van der Waals surface area contributed by atoms with Gasteiger partial charge in [-0.3, -0.25) is 4.79 Å². The summed E-state index contributed by atoms with van der Waals surface area (Å²) < 4.78 is 12.8. The summed E-state index contributed by atoms with van der Waals surface area (Å²) in [5, 5.41) is 5.90. The summed E-state index contributed by atoms with van der Waals surface area (Å²) in [5.74, 6) is -0.0118. The van der Waals surface area contributed by atoms with Crippen molar-refractivity contribution in [2.45, 2.75) is 32.7 Å². The van der Waals surface area contributed by atoms with Crippen molar-refractivity contribution in [2.24, 2.45) is 0 Å². The van der Waals surface area contributed by atoms with Gasteiger partial charge in [0.15, 0.2) is 0 Å². The van der Waals surface area contributed by atoms with Crippen LogP contribution in [0.3, 0.4) is 0 Å². The fourth-order valence-electron chi connectivity index (χ4n) is 2.06. The molecule has 0 saturated heterocycles. The highest BCUT2D eigenvalue weighted by atomic mass is 19.1. The molecule has 116 valence electrons. The van der Waals surface area contributed by atoms with E-state index in [2.05, 4.69) is 36.6 Å². The van der Waals surface area contributed by atoms with E-state index in [1.54, 1.807) is 6.92 Å². The van der Waals surface area contributed by atoms with Crippen molar-refractivity contribution in [3.8, 4) is 0 Å². The number of hydrogen-bond donors (Lipinski definition) is 2. The van der Waals surface area contributed by atoms with Crippen molar-refractivity contribution in [3.05, 3.63) is 59.9 Å². The molecule has 0 aromatic heterocycles. The quantitative estimate of drug-likeness (QED) is 0.860. The second-order valence-corrected chi connectivity index (χ2v) is 5.64. The molecule has 2 aromatic carbocycles. The predicted molar refractivity (Wildman–Crippen MR) is 88.6 cm³/mol. The van der Waals surface area contributed by atoms with Crippen LogP contribution in [0, 0.1) is 5.82 Å². The van der Waals surface area contributed by atoms with Gasteiger partial charge in [0.1, 0.15) is 11.9 Å². The molecule has 2 rings (SSSR count). The number of carbonyl (C=O) groups is 1. The first kappa shape index (κ1) is 16.0. The topological polar surface area (TPSA) is 41.1 Å². The van der Waals surface area contributed by atoms with Crippen LogP contribution < -0.4 is 10.6 Å². The van der Waals surface area contributed by atoms with Crippen molar-refractivity contribution < 1.29 is 9.18 Å². The first-order valence-corrected chi connectivity index (χ1v) is 7.38. The van der Waals surface area contributed by atoms with Crippen molar-refractivity contribution in [2.75, 3.05) is 10.6 Å². The summed E-state index contributed by atoms with van der Waals surface area (Å²) >= 11 is 0. The fraction of sp³-hybridized carbons (Fsp3) is 0.278. The zero-order chi connectivity index (χ0) is 16.1. The predicted octanol–water partition coefficient (Wildman–Crippen LogP) is 4.39. The van der Waals surface area contributed by atoms with E-state index in [0.29, 0.717) is 11.6 Å². The zero-order valence-corrected chi connectivity index (χ0v) is 13.1. The van der Waals surface area contributed by atoms with Crippen molar-refractivity contribution in [3.63, 3.8) is 0 Å². The zero-order valence-electron chi connectivity index (χ0n) is 13.1. The van der Waals surface area contributed by atoms with Crippen LogP contribution in [-0.4, -0.2) is 11.9 Å². The summed E-state index contributed by atoms with van der Waals surface area (Å²) in [6.07, 6.45) is 0. The Morgan fingerprint density at radius 1 is 0.909 bits per heavy atom. The van der Waals surface area contributed by atoms with Gasteiger partial charge in [0.05, 0.1) is 0 Å². The molecule has 3 nitrogen and oxygen atoms in total. The minimum atomic E-state index is -0.394. The molecule has 0 aliphatic rings. The molecule has 0 spiro atoms. The third kappa shape index (κ3) is 4.32. The van der Waals surface area contributed by atoms with Gasteiger partial charge in [-0.05, 0) is 54.8 Å². The van der Waals surface area contributed by atoms with E-state index in [1.165, 1.54) is 29.8 Å². The summed E-state index contributed by atoms with van der Waals surface area (Å²) in [6, 6.07) is 13.4. The van der Waals surface area contributed by atoms with Gasteiger partial charge in [-0.2, -0.15) is 0 Å². The third-order valence-corrected chi connectivity index (χ3v) is 3.47. The molecule has 22 heavy (non-hydrogen) atoms. The van der Waals surface area contributed by atoms with E-state index in [1.807, 2.05) is 12.1 Å². The van der Waals surface area contributed by atoms with Crippen molar-refractivity contribution >= 4 is 17.3 Å². The summed E-state index contributed by atoms with van der Waals surface area (Å²) in [5.41, 5.74) is 2.73. The molecule has 1 atom stereocenters. The molecule has 0 saturated carbocycles. The Kier molecular flexibility index (Phi) is 5.15. The van der Waals surface area contributed by atoms with E-state index in [4.69, 9.17) is 0 Å². The Balaban J connectivity index is 1.94. The summed E-state index contributed by atoms with van der Waals surface area (Å²) in [4.78, 5) is 12.1. The average molecular weight is 300 g/mol. The van der Waals surface area contributed by atoms with Gasteiger partial charge in [-0.1, -0.05) is 26.0 Å². The van der Waals surface area contributed by atoms with Crippen LogP contribution in [0.5, 0.6) is 0 Å². The third-order valence-electron chi connectivity index (χ3n) is 3.47. The molecule has 0 radical (unpaired) electrons. The standard InChI is InChI=1S/C18H21FN2O/c1-12(2)14-4-8-16(9-5-14)20-13(3)18(22)21-17-10-6-15(19)7-11-17/h4-13,20H,1-3H3,(H,21,22)/t13-/m0/s1. The van der Waals surface area contributed by atoms with E-state index in [0.717, 1.165) is 5.69 Å². The Morgan fingerprint density at radius 3 is 2.00 bits per heavy atom. The molecule has 0 aliphatic carbocycles. The second kappa shape index (κ2) is 7.07. The Morgan fingerprint density at radius 2 is 1.45 bits per heavy atom. The maximum absolute atomic E-state index is 12.8. The molecule has 0 aliphatic heterocycles. The highest BCUT2D eigenvalue weighted by molar-refractivity contribution is 5.96. The highest BCUT2D eigenvalue weighted by Crippen LogP contribution is 2.18. The van der Waals surface area contributed by atoms with Crippen molar-refractivity contribution in [1.82, 2.24) is 0 Å². The maximum Gasteiger partial charge on any atom is 0.246 e. The lowest BCUT2D eigenvalue weighted by molar-refractivity contribution is -0.116. The van der Waals surface area contributed by atoms with Crippen LogP contribution in [0.4, 0.5) is 15.8 Å². The molecular weight excluding hydrogens is 279 g/mol. The van der Waals surface area contributed by atoms with E-state index in [-0.39, 0.29) is 11.7 Å². The lowest BCUT2D eigenvalue weighted by atomic mass is 10.0. The molecule has 0 unspecified atom stereocenters. The first-order valence-electron chi connectivity index (χ1n) is 7.38. The molecular formula is C18H21FN2O. The molecule has 2 N–H and O–H groups in total. The van der Waals surface area contributed by atoms with Crippen LogP contribution in [0.2, 0.25) is 0 Å². The van der Waals surface area contributed by atoms with E-state index in [9.17, 15) is 9.18 Å². The average Bonchev–Trinajstić information content (AvgIpc) is 2.50. The van der Waals surface area contributed by atoms with Gasteiger partial charge in [0.2, 0.25) is 5.91 Å². The van der Waals surface area contributed by atoms with Crippen LogP contribution >= 0.6 is 0 Å². The fourth-order valence-corrected chi connectivity index (χ4v) is 2.06. The van der Waals surface area contributed by atoms with E-state index >= 15 is 0 Å². The minimum Gasteiger partial charge on any atom is -0.374 e. The maximum atomic E-state index is 12.8. The summed E-state index contributed by atoms with van der Waals surface area (Å²) in [7, 11) is 0. The number of nitrogens with one attached hydrogen (secondary N) is 2. The van der Waals surface area contributed by atoms with Gasteiger partial charge >= 0.3 is 0 Å². The van der Waals surface area contributed by atoms with Gasteiger partial charge in [0.25, 0.3) is 0 Å². The van der Waals surface area contributed by atoms with Crippen molar-refractivity contribution in [1.29, 1.82) is 0 Å². The monoisotopic (exact) mass is 300 g/mol. The molecule has 4 heteroatoms. The van der Waals surface area contributed by atoms with Gasteiger partial charge in [-0.25, -0.2) is 4.39 Å². The largest absolute Gasteiger partial charge is 0.374 e. The second-order valence-electron chi connectivity index (χ2n) is 5.64. The van der Waals surface area contributed by atoms with Crippen LogP contribution in [0.15, 0.2) is 48.5 Å². The van der Waals surface area contributed by atoms with Gasteiger partial charge < -0.3 is 10.6 Å². The van der Waals surface area contributed by atoms with Gasteiger partial charge in [-0.15, -0.1) is 0 Å². The molecule has 0 heterocycles. The summed E-state index contributed by atoms with van der Waals surface area (Å²) in [6.45, 7) is 6.07. The molecule has 0 bridgehead atoms. The van der Waals surface area contributed by atoms with Crippen LogP contribution in [0.1, 0.15) is 32.3 Å². The lowest BCUT2D eigenvalue weighted by Gasteiger charge is -2.16. The molecule has 2 aromatic rings. The Bertz CT molecular complexity index is 621. The smallest absolute Gasteiger partial charge is 0.246 e. The number of hydrogen-bond acceptors (Lipinski definition) is 2. The normalized spacial score (nSPS) is 12.0. The number of halogens is 1. The minimum absolute atomic E-state index is 0.167. The number of rotatable bonds is 5. The first-order chi connectivity index (χ1) is 10.5. The number of anilines is 2. The molecule has 1 amide bonds. The SMILES string of the molecule is CC(C)c1ccc(N[C@@H](C)C(=O)Nc2ccc(F)cc2)cc1.